The first-order chi connectivity index (χ1) is 18.2. The molecule has 0 saturated heterocycles. The van der Waals surface area contributed by atoms with Crippen LogP contribution in [0.2, 0.25) is 0 Å². The van der Waals surface area contributed by atoms with Crippen molar-refractivity contribution in [3.05, 3.63) is 112 Å². The second-order valence-electron chi connectivity index (χ2n) is 10.7. The molecule has 198 valence electrons. The van der Waals surface area contributed by atoms with Crippen LogP contribution < -0.4 is 9.47 Å². The van der Waals surface area contributed by atoms with Gasteiger partial charge in [-0.3, -0.25) is 4.98 Å². The Kier molecular flexibility index (Phi) is 8.56. The van der Waals surface area contributed by atoms with Crippen LogP contribution in [0.4, 0.5) is 0 Å². The summed E-state index contributed by atoms with van der Waals surface area (Å²) < 4.78 is 12.6. The molecule has 0 saturated carbocycles. The highest BCUT2D eigenvalue weighted by Gasteiger charge is 2.23. The van der Waals surface area contributed by atoms with Gasteiger partial charge in [-0.05, 0) is 68.0 Å². The Bertz CT molecular complexity index is 1330. The third-order valence-corrected chi connectivity index (χ3v) is 7.36. The highest BCUT2D eigenvalue weighted by Crippen LogP contribution is 2.35. The molecule has 0 atom stereocenters. The SMILES string of the molecule is CCc1cccc(CC)c1-c1cc(OC(C)C)c(COc2ccc(C(C)(C)c3ccccc3)cc2)c(C)n1. The van der Waals surface area contributed by atoms with Crippen molar-refractivity contribution in [1.29, 1.82) is 0 Å². The number of hydrogen-bond acceptors (Lipinski definition) is 3. The van der Waals surface area contributed by atoms with Gasteiger partial charge in [-0.25, -0.2) is 0 Å². The van der Waals surface area contributed by atoms with Crippen molar-refractivity contribution in [2.24, 2.45) is 0 Å². The van der Waals surface area contributed by atoms with Crippen molar-refractivity contribution in [3.63, 3.8) is 0 Å². The Morgan fingerprint density at radius 1 is 0.789 bits per heavy atom. The van der Waals surface area contributed by atoms with Gasteiger partial charge in [0, 0.05) is 22.7 Å². The maximum atomic E-state index is 6.32. The van der Waals surface area contributed by atoms with Crippen LogP contribution in [0.5, 0.6) is 11.5 Å². The molecule has 0 fully saturated rings. The second-order valence-corrected chi connectivity index (χ2v) is 10.7. The summed E-state index contributed by atoms with van der Waals surface area (Å²) in [7, 11) is 0. The fraction of sp³-hybridized carbons (Fsp3) is 0.343. The van der Waals surface area contributed by atoms with Gasteiger partial charge in [0.1, 0.15) is 18.1 Å². The summed E-state index contributed by atoms with van der Waals surface area (Å²) in [5.74, 6) is 1.68. The number of ether oxygens (including phenoxy) is 2. The highest BCUT2D eigenvalue weighted by atomic mass is 16.5. The minimum absolute atomic E-state index is 0.0509. The molecule has 1 aromatic heterocycles. The van der Waals surface area contributed by atoms with Crippen LogP contribution in [0.25, 0.3) is 11.3 Å². The quantitative estimate of drug-likeness (QED) is 0.215. The zero-order valence-electron chi connectivity index (χ0n) is 24.0. The normalized spacial score (nSPS) is 11.6. The molecule has 0 aliphatic carbocycles. The Balaban J connectivity index is 1.61. The van der Waals surface area contributed by atoms with Crippen LogP contribution in [0.3, 0.4) is 0 Å². The number of rotatable bonds is 10. The maximum absolute atomic E-state index is 6.32. The number of pyridine rings is 1. The van der Waals surface area contributed by atoms with Crippen LogP contribution in [0, 0.1) is 6.92 Å². The first-order valence-corrected chi connectivity index (χ1v) is 13.8. The van der Waals surface area contributed by atoms with E-state index in [4.69, 9.17) is 14.5 Å². The molecule has 0 unspecified atom stereocenters. The first kappa shape index (κ1) is 27.4. The number of aryl methyl sites for hydroxylation is 3. The minimum atomic E-state index is -0.0828. The first-order valence-electron chi connectivity index (χ1n) is 13.8. The molecule has 3 heteroatoms. The van der Waals surface area contributed by atoms with Gasteiger partial charge in [-0.2, -0.15) is 0 Å². The van der Waals surface area contributed by atoms with E-state index in [9.17, 15) is 0 Å². The lowest BCUT2D eigenvalue weighted by atomic mass is 9.78. The minimum Gasteiger partial charge on any atom is -0.490 e. The molecule has 38 heavy (non-hydrogen) atoms. The molecule has 0 N–H and O–H groups in total. The molecule has 0 aliphatic rings. The van der Waals surface area contributed by atoms with Crippen molar-refractivity contribution < 1.29 is 9.47 Å². The third-order valence-electron chi connectivity index (χ3n) is 7.36. The van der Waals surface area contributed by atoms with Crippen molar-refractivity contribution in [2.45, 2.75) is 79.4 Å². The molecule has 1 heterocycles. The van der Waals surface area contributed by atoms with Crippen LogP contribution in [-0.2, 0) is 24.9 Å². The van der Waals surface area contributed by atoms with Crippen LogP contribution >= 0.6 is 0 Å². The predicted octanol–water partition coefficient (Wildman–Crippen LogP) is 8.87. The summed E-state index contributed by atoms with van der Waals surface area (Å²) >= 11 is 0. The Labute approximate surface area is 228 Å². The fourth-order valence-corrected chi connectivity index (χ4v) is 5.05. The predicted molar refractivity (Wildman–Crippen MR) is 158 cm³/mol. The van der Waals surface area contributed by atoms with Crippen molar-refractivity contribution in [3.8, 4) is 22.8 Å². The summed E-state index contributed by atoms with van der Waals surface area (Å²) in [4.78, 5) is 5.06. The second kappa shape index (κ2) is 11.9. The molecule has 0 amide bonds. The zero-order chi connectivity index (χ0) is 27.3. The average Bonchev–Trinajstić information content (AvgIpc) is 2.92. The van der Waals surface area contributed by atoms with Crippen molar-refractivity contribution in [1.82, 2.24) is 4.98 Å². The van der Waals surface area contributed by atoms with Crippen LogP contribution in [-0.4, -0.2) is 11.1 Å². The van der Waals surface area contributed by atoms with E-state index in [-0.39, 0.29) is 11.5 Å². The van der Waals surface area contributed by atoms with E-state index in [2.05, 4.69) is 127 Å². The lowest BCUT2D eigenvalue weighted by Crippen LogP contribution is -2.18. The average molecular weight is 508 g/mol. The van der Waals surface area contributed by atoms with Crippen LogP contribution in [0.15, 0.2) is 78.9 Å². The van der Waals surface area contributed by atoms with E-state index >= 15 is 0 Å². The smallest absolute Gasteiger partial charge is 0.130 e. The number of aromatic nitrogens is 1. The van der Waals surface area contributed by atoms with Gasteiger partial charge < -0.3 is 9.47 Å². The molecule has 0 radical (unpaired) electrons. The van der Waals surface area contributed by atoms with Crippen molar-refractivity contribution in [2.75, 3.05) is 0 Å². The molecule has 0 spiro atoms. The topological polar surface area (TPSA) is 31.4 Å². The molecule has 3 aromatic carbocycles. The summed E-state index contributed by atoms with van der Waals surface area (Å²) in [6.07, 6.45) is 1.98. The summed E-state index contributed by atoms with van der Waals surface area (Å²) in [5, 5.41) is 0. The number of nitrogens with zero attached hydrogens (tertiary/aromatic N) is 1. The van der Waals surface area contributed by atoms with E-state index in [0.29, 0.717) is 6.61 Å². The number of benzene rings is 3. The molecular weight excluding hydrogens is 466 g/mol. The summed E-state index contributed by atoms with van der Waals surface area (Å²) in [6.45, 7) is 15.5. The van der Waals surface area contributed by atoms with E-state index in [1.165, 1.54) is 27.8 Å². The largest absolute Gasteiger partial charge is 0.490 e. The molecule has 4 aromatic rings. The molecule has 0 aliphatic heterocycles. The lowest BCUT2D eigenvalue weighted by molar-refractivity contribution is 0.229. The molecule has 3 nitrogen and oxygen atoms in total. The van der Waals surface area contributed by atoms with Gasteiger partial charge in [0.05, 0.1) is 17.4 Å². The van der Waals surface area contributed by atoms with Crippen molar-refractivity contribution >= 4 is 0 Å². The summed E-state index contributed by atoms with van der Waals surface area (Å²) in [5.41, 5.74) is 9.23. The Morgan fingerprint density at radius 3 is 1.97 bits per heavy atom. The van der Waals surface area contributed by atoms with E-state index in [0.717, 1.165) is 41.3 Å². The van der Waals surface area contributed by atoms with Gasteiger partial charge in [0.15, 0.2) is 0 Å². The van der Waals surface area contributed by atoms with Gasteiger partial charge in [-0.1, -0.05) is 88.4 Å². The lowest BCUT2D eigenvalue weighted by Gasteiger charge is -2.26. The maximum Gasteiger partial charge on any atom is 0.130 e. The van der Waals surface area contributed by atoms with Gasteiger partial charge >= 0.3 is 0 Å². The fourth-order valence-electron chi connectivity index (χ4n) is 5.05. The third kappa shape index (κ3) is 5.93. The van der Waals surface area contributed by atoms with E-state index in [1.807, 2.05) is 0 Å². The highest BCUT2D eigenvalue weighted by molar-refractivity contribution is 5.70. The van der Waals surface area contributed by atoms with E-state index < -0.39 is 0 Å². The zero-order valence-corrected chi connectivity index (χ0v) is 24.0. The van der Waals surface area contributed by atoms with Crippen LogP contribution in [0.1, 0.15) is 75.1 Å². The van der Waals surface area contributed by atoms with Gasteiger partial charge in [-0.15, -0.1) is 0 Å². The standard InChI is InChI=1S/C35H41NO2/c1-8-26-14-13-15-27(9-2)34(26)32-22-33(38-24(3)4)31(25(5)36-32)23-37-30-20-18-29(19-21-30)35(6,7)28-16-11-10-12-17-28/h10-22,24H,8-9,23H2,1-7H3. The van der Waals surface area contributed by atoms with E-state index in [1.54, 1.807) is 0 Å². The molecule has 0 bridgehead atoms. The molecular formula is C35H41NO2. The Hall–Kier alpha value is -3.59. The Morgan fingerprint density at radius 2 is 1.39 bits per heavy atom. The van der Waals surface area contributed by atoms with Gasteiger partial charge in [0.2, 0.25) is 0 Å². The monoisotopic (exact) mass is 507 g/mol. The summed E-state index contributed by atoms with van der Waals surface area (Å²) in [6, 6.07) is 27.7. The van der Waals surface area contributed by atoms with Gasteiger partial charge in [0.25, 0.3) is 0 Å². The molecule has 4 rings (SSSR count). The number of hydrogen-bond donors (Lipinski definition) is 0.